The van der Waals surface area contributed by atoms with Crippen molar-refractivity contribution in [1.82, 2.24) is 14.8 Å². The first-order chi connectivity index (χ1) is 9.29. The number of hydrogen-bond donors (Lipinski definition) is 1. The largest absolute Gasteiger partial charge is 0.298 e. The maximum atomic E-state index is 13.2. The molecule has 0 atom stereocenters. The first-order valence-electron chi connectivity index (χ1n) is 6.00. The SMILES string of the molecule is CC(C)n1c(Cc2cccc(F)c2)nnc1S(N)(=O)=O. The van der Waals surface area contributed by atoms with E-state index in [0.717, 1.165) is 0 Å². The summed E-state index contributed by atoms with van der Waals surface area (Å²) < 4.78 is 37.6. The lowest BCUT2D eigenvalue weighted by Gasteiger charge is -2.12. The van der Waals surface area contributed by atoms with Gasteiger partial charge in [0.1, 0.15) is 11.6 Å². The van der Waals surface area contributed by atoms with Gasteiger partial charge in [0.2, 0.25) is 0 Å². The fraction of sp³-hybridized carbons (Fsp3) is 0.333. The molecule has 0 amide bonds. The minimum atomic E-state index is -3.94. The zero-order valence-electron chi connectivity index (χ0n) is 11.1. The number of primary sulfonamides is 1. The second-order valence-electron chi connectivity index (χ2n) is 4.71. The van der Waals surface area contributed by atoms with Crippen LogP contribution in [0.15, 0.2) is 29.4 Å². The molecule has 0 aliphatic carbocycles. The highest BCUT2D eigenvalue weighted by Crippen LogP contribution is 2.18. The van der Waals surface area contributed by atoms with Crippen LogP contribution in [0.25, 0.3) is 0 Å². The Hall–Kier alpha value is -1.80. The molecule has 0 bridgehead atoms. The van der Waals surface area contributed by atoms with E-state index in [1.807, 2.05) is 0 Å². The molecule has 6 nitrogen and oxygen atoms in total. The van der Waals surface area contributed by atoms with Crippen molar-refractivity contribution in [1.29, 1.82) is 0 Å². The van der Waals surface area contributed by atoms with Gasteiger partial charge in [-0.1, -0.05) is 12.1 Å². The third kappa shape index (κ3) is 3.02. The maximum Gasteiger partial charge on any atom is 0.273 e. The summed E-state index contributed by atoms with van der Waals surface area (Å²) in [5.41, 5.74) is 0.681. The van der Waals surface area contributed by atoms with Crippen LogP contribution in [0.3, 0.4) is 0 Å². The van der Waals surface area contributed by atoms with Crippen molar-refractivity contribution in [3.8, 4) is 0 Å². The molecule has 2 aromatic rings. The van der Waals surface area contributed by atoms with Crippen LogP contribution in [0.2, 0.25) is 0 Å². The molecule has 0 aliphatic rings. The molecule has 20 heavy (non-hydrogen) atoms. The Morgan fingerprint density at radius 1 is 1.35 bits per heavy atom. The summed E-state index contributed by atoms with van der Waals surface area (Å²) in [7, 11) is -3.94. The van der Waals surface area contributed by atoms with Gasteiger partial charge < -0.3 is 0 Å². The summed E-state index contributed by atoms with van der Waals surface area (Å²) >= 11 is 0. The van der Waals surface area contributed by atoms with Gasteiger partial charge >= 0.3 is 0 Å². The van der Waals surface area contributed by atoms with Gasteiger partial charge in [0.15, 0.2) is 0 Å². The van der Waals surface area contributed by atoms with Gasteiger partial charge in [-0.15, -0.1) is 10.2 Å². The number of hydrogen-bond acceptors (Lipinski definition) is 4. The molecule has 0 spiro atoms. The monoisotopic (exact) mass is 298 g/mol. The molecule has 0 aliphatic heterocycles. The van der Waals surface area contributed by atoms with E-state index >= 15 is 0 Å². The smallest absolute Gasteiger partial charge is 0.273 e. The van der Waals surface area contributed by atoms with Gasteiger partial charge in [-0.3, -0.25) is 4.57 Å². The third-order valence-electron chi connectivity index (χ3n) is 2.76. The number of nitrogens with two attached hydrogens (primary N) is 1. The second kappa shape index (κ2) is 5.29. The lowest BCUT2D eigenvalue weighted by molar-refractivity contribution is 0.507. The van der Waals surface area contributed by atoms with Crippen LogP contribution in [0.5, 0.6) is 0 Å². The van der Waals surface area contributed by atoms with E-state index in [9.17, 15) is 12.8 Å². The Kier molecular flexibility index (Phi) is 3.87. The highest BCUT2D eigenvalue weighted by atomic mass is 32.2. The minimum Gasteiger partial charge on any atom is -0.298 e. The first kappa shape index (κ1) is 14.6. The van der Waals surface area contributed by atoms with Gasteiger partial charge in [-0.25, -0.2) is 17.9 Å². The molecule has 0 fully saturated rings. The fourth-order valence-electron chi connectivity index (χ4n) is 1.97. The Labute approximate surface area is 116 Å². The lowest BCUT2D eigenvalue weighted by Crippen LogP contribution is -2.20. The molecule has 2 N–H and O–H groups in total. The van der Waals surface area contributed by atoms with E-state index in [-0.39, 0.29) is 23.4 Å². The molecule has 0 unspecified atom stereocenters. The van der Waals surface area contributed by atoms with Crippen molar-refractivity contribution < 1.29 is 12.8 Å². The summed E-state index contributed by atoms with van der Waals surface area (Å²) in [5.74, 6) is 0.0689. The van der Waals surface area contributed by atoms with Crippen LogP contribution in [0.1, 0.15) is 31.3 Å². The van der Waals surface area contributed by atoms with E-state index in [1.165, 1.54) is 16.7 Å². The summed E-state index contributed by atoms with van der Waals surface area (Å²) in [6, 6.07) is 5.85. The minimum absolute atomic E-state index is 0.179. The average molecular weight is 298 g/mol. The molecule has 1 aromatic carbocycles. The normalized spacial score (nSPS) is 12.1. The fourth-order valence-corrected chi connectivity index (χ4v) is 2.72. The zero-order valence-corrected chi connectivity index (χ0v) is 11.9. The number of halogens is 1. The predicted molar refractivity (Wildman–Crippen MR) is 71.0 cm³/mol. The summed E-state index contributed by atoms with van der Waals surface area (Å²) in [6.45, 7) is 3.60. The Morgan fingerprint density at radius 3 is 2.60 bits per heavy atom. The van der Waals surface area contributed by atoms with Crippen LogP contribution >= 0.6 is 0 Å². The van der Waals surface area contributed by atoms with Gasteiger partial charge in [-0.2, -0.15) is 0 Å². The highest BCUT2D eigenvalue weighted by Gasteiger charge is 2.22. The van der Waals surface area contributed by atoms with Crippen LogP contribution in [-0.4, -0.2) is 23.2 Å². The van der Waals surface area contributed by atoms with Crippen LogP contribution in [-0.2, 0) is 16.4 Å². The average Bonchev–Trinajstić information content (AvgIpc) is 2.72. The van der Waals surface area contributed by atoms with Crippen molar-refractivity contribution in [3.05, 3.63) is 41.5 Å². The molecule has 0 radical (unpaired) electrons. The molecule has 2 rings (SSSR count). The van der Waals surface area contributed by atoms with E-state index in [4.69, 9.17) is 5.14 Å². The molecule has 8 heteroatoms. The standard InChI is InChI=1S/C12H15FN4O2S/c1-8(2)17-11(15-16-12(17)20(14,18)19)7-9-4-3-5-10(13)6-9/h3-6,8H,7H2,1-2H3,(H2,14,18,19). The van der Waals surface area contributed by atoms with Crippen LogP contribution < -0.4 is 5.14 Å². The van der Waals surface area contributed by atoms with E-state index in [0.29, 0.717) is 11.4 Å². The van der Waals surface area contributed by atoms with Gasteiger partial charge in [0, 0.05) is 12.5 Å². The van der Waals surface area contributed by atoms with Crippen LogP contribution in [0.4, 0.5) is 4.39 Å². The van der Waals surface area contributed by atoms with Crippen molar-refractivity contribution in [3.63, 3.8) is 0 Å². The number of rotatable bonds is 4. The molecular formula is C12H15FN4O2S. The van der Waals surface area contributed by atoms with Crippen molar-refractivity contribution in [2.75, 3.05) is 0 Å². The van der Waals surface area contributed by atoms with Gasteiger partial charge in [0.25, 0.3) is 15.2 Å². The van der Waals surface area contributed by atoms with Gasteiger partial charge in [-0.05, 0) is 31.5 Å². The van der Waals surface area contributed by atoms with E-state index < -0.39 is 10.0 Å². The third-order valence-corrected chi connectivity index (χ3v) is 3.54. The van der Waals surface area contributed by atoms with E-state index in [2.05, 4.69) is 10.2 Å². The zero-order chi connectivity index (χ0) is 14.9. The quantitative estimate of drug-likeness (QED) is 0.919. The number of aromatic nitrogens is 3. The summed E-state index contributed by atoms with van der Waals surface area (Å²) in [4.78, 5) is 0. The summed E-state index contributed by atoms with van der Waals surface area (Å²) in [5, 5.41) is 12.3. The Bertz CT molecular complexity index is 725. The number of nitrogens with zero attached hydrogens (tertiary/aromatic N) is 3. The number of benzene rings is 1. The maximum absolute atomic E-state index is 13.2. The van der Waals surface area contributed by atoms with E-state index in [1.54, 1.807) is 26.0 Å². The molecule has 1 heterocycles. The number of sulfonamides is 1. The predicted octanol–water partition coefficient (Wildman–Crippen LogP) is 1.24. The summed E-state index contributed by atoms with van der Waals surface area (Å²) in [6.07, 6.45) is 0.276. The Morgan fingerprint density at radius 2 is 2.05 bits per heavy atom. The topological polar surface area (TPSA) is 90.9 Å². The first-order valence-corrected chi connectivity index (χ1v) is 7.54. The Balaban J connectivity index is 2.45. The highest BCUT2D eigenvalue weighted by molar-refractivity contribution is 7.89. The molecular weight excluding hydrogens is 283 g/mol. The molecule has 108 valence electrons. The lowest BCUT2D eigenvalue weighted by atomic mass is 10.1. The van der Waals surface area contributed by atoms with Crippen molar-refractivity contribution >= 4 is 10.0 Å². The van der Waals surface area contributed by atoms with Crippen LogP contribution in [0, 0.1) is 5.82 Å². The second-order valence-corrected chi connectivity index (χ2v) is 6.17. The molecule has 1 aromatic heterocycles. The van der Waals surface area contributed by atoms with Crippen molar-refractivity contribution in [2.45, 2.75) is 31.5 Å². The van der Waals surface area contributed by atoms with Crippen molar-refractivity contribution in [2.24, 2.45) is 5.14 Å². The molecule has 0 saturated heterocycles. The van der Waals surface area contributed by atoms with Gasteiger partial charge in [0.05, 0.1) is 0 Å². The molecule has 0 saturated carbocycles.